The Bertz CT molecular complexity index is 396. The molecule has 0 amide bonds. The largest absolute Gasteiger partial charge is 0.368 e. The Morgan fingerprint density at radius 3 is 2.94 bits per heavy atom. The zero-order chi connectivity index (χ0) is 12.4. The fraction of sp³-hybridized carbons (Fsp3) is 0.667. The first kappa shape index (κ1) is 12.1. The fourth-order valence-corrected chi connectivity index (χ4v) is 2.55. The summed E-state index contributed by atoms with van der Waals surface area (Å²) in [5.74, 6) is 0.729. The Balaban J connectivity index is 2.18. The second kappa shape index (κ2) is 4.85. The minimum atomic E-state index is -0.403. The molecule has 2 unspecified atom stereocenters. The van der Waals surface area contributed by atoms with E-state index < -0.39 is 5.82 Å². The van der Waals surface area contributed by atoms with Gasteiger partial charge in [0, 0.05) is 13.1 Å². The van der Waals surface area contributed by atoms with E-state index >= 15 is 0 Å². The van der Waals surface area contributed by atoms with Gasteiger partial charge in [0.05, 0.1) is 6.20 Å². The number of nitrogens with zero attached hydrogens (tertiary/aromatic N) is 3. The maximum Gasteiger partial charge on any atom is 0.222 e. The van der Waals surface area contributed by atoms with Crippen molar-refractivity contribution < 1.29 is 4.39 Å². The molecule has 2 atom stereocenters. The van der Waals surface area contributed by atoms with Crippen LogP contribution in [0.5, 0.6) is 0 Å². The molecule has 4 nitrogen and oxygen atoms in total. The molecule has 0 spiro atoms. The van der Waals surface area contributed by atoms with E-state index in [1.165, 1.54) is 12.8 Å². The van der Waals surface area contributed by atoms with Gasteiger partial charge in [0.15, 0.2) is 11.6 Å². The zero-order valence-corrected chi connectivity index (χ0v) is 10.4. The lowest BCUT2D eigenvalue weighted by atomic mass is 9.86. The van der Waals surface area contributed by atoms with Gasteiger partial charge in [-0.3, -0.25) is 0 Å². The summed E-state index contributed by atoms with van der Waals surface area (Å²) in [4.78, 5) is 9.54. The maximum atomic E-state index is 13.6. The number of rotatable bonds is 2. The number of halogens is 1. The molecule has 0 radical (unpaired) electrons. The van der Waals surface area contributed by atoms with E-state index in [4.69, 9.17) is 5.73 Å². The van der Waals surface area contributed by atoms with E-state index in [1.807, 2.05) is 11.9 Å². The summed E-state index contributed by atoms with van der Waals surface area (Å²) in [6, 6.07) is 0.350. The molecule has 1 saturated carbocycles. The van der Waals surface area contributed by atoms with Crippen LogP contribution >= 0.6 is 0 Å². The lowest BCUT2D eigenvalue weighted by Gasteiger charge is -2.34. The molecule has 17 heavy (non-hydrogen) atoms. The molecule has 1 heterocycles. The van der Waals surface area contributed by atoms with Crippen LogP contribution in [0.3, 0.4) is 0 Å². The molecule has 1 aromatic rings. The average molecular weight is 238 g/mol. The van der Waals surface area contributed by atoms with Gasteiger partial charge in [0.1, 0.15) is 0 Å². The van der Waals surface area contributed by atoms with Gasteiger partial charge in [-0.25, -0.2) is 9.37 Å². The van der Waals surface area contributed by atoms with Gasteiger partial charge in [-0.15, -0.1) is 0 Å². The lowest BCUT2D eigenvalue weighted by Crippen LogP contribution is -2.36. The predicted octanol–water partition coefficient (Wildman–Crippen LogP) is 2.21. The van der Waals surface area contributed by atoms with E-state index in [1.54, 1.807) is 0 Å². The molecule has 1 aliphatic carbocycles. The summed E-state index contributed by atoms with van der Waals surface area (Å²) in [6.45, 7) is 2.24. The number of nitrogens with two attached hydrogens (primary N) is 1. The third kappa shape index (κ3) is 2.65. The SMILES string of the molecule is CC1CCCC(N(C)c2nc(N)ncc2F)C1. The summed E-state index contributed by atoms with van der Waals surface area (Å²) in [5.41, 5.74) is 5.51. The summed E-state index contributed by atoms with van der Waals surface area (Å²) in [7, 11) is 1.88. The lowest BCUT2D eigenvalue weighted by molar-refractivity contribution is 0.334. The maximum absolute atomic E-state index is 13.6. The van der Waals surface area contributed by atoms with Crippen LogP contribution in [0.25, 0.3) is 0 Å². The smallest absolute Gasteiger partial charge is 0.222 e. The predicted molar refractivity (Wildman–Crippen MR) is 66.2 cm³/mol. The van der Waals surface area contributed by atoms with Gasteiger partial charge in [-0.2, -0.15) is 4.98 Å². The van der Waals surface area contributed by atoms with Crippen LogP contribution in [0.15, 0.2) is 6.20 Å². The molecule has 2 N–H and O–H groups in total. The zero-order valence-electron chi connectivity index (χ0n) is 10.4. The van der Waals surface area contributed by atoms with Crippen molar-refractivity contribution in [3.63, 3.8) is 0 Å². The highest BCUT2D eigenvalue weighted by Gasteiger charge is 2.25. The molecule has 1 aliphatic rings. The standard InChI is InChI=1S/C12H19FN4/c1-8-4-3-5-9(6-8)17(2)11-10(13)7-15-12(14)16-11/h7-9H,3-6H2,1-2H3,(H2,14,15,16). The first-order chi connectivity index (χ1) is 8.08. The van der Waals surface area contributed by atoms with Crippen molar-refractivity contribution in [2.24, 2.45) is 5.92 Å². The van der Waals surface area contributed by atoms with Gasteiger partial charge < -0.3 is 10.6 Å². The van der Waals surface area contributed by atoms with E-state index in [9.17, 15) is 4.39 Å². The highest BCUT2D eigenvalue weighted by Crippen LogP contribution is 2.29. The Morgan fingerprint density at radius 1 is 1.47 bits per heavy atom. The molecule has 1 aromatic heterocycles. The molecule has 2 rings (SSSR count). The molecule has 0 saturated heterocycles. The highest BCUT2D eigenvalue weighted by molar-refractivity contribution is 5.42. The second-order valence-corrected chi connectivity index (χ2v) is 4.94. The van der Waals surface area contributed by atoms with Crippen molar-refractivity contribution in [1.82, 2.24) is 9.97 Å². The Morgan fingerprint density at radius 2 is 2.24 bits per heavy atom. The van der Waals surface area contributed by atoms with Crippen molar-refractivity contribution in [2.45, 2.75) is 38.6 Å². The van der Waals surface area contributed by atoms with Crippen LogP contribution in [0.1, 0.15) is 32.6 Å². The number of hydrogen-bond donors (Lipinski definition) is 1. The number of aromatic nitrogens is 2. The van der Waals surface area contributed by atoms with Crippen molar-refractivity contribution in [2.75, 3.05) is 17.7 Å². The van der Waals surface area contributed by atoms with E-state index in [0.717, 1.165) is 19.0 Å². The molecule has 0 aliphatic heterocycles. The Labute approximate surface area is 101 Å². The van der Waals surface area contributed by atoms with E-state index in [0.29, 0.717) is 17.8 Å². The minimum absolute atomic E-state index is 0.122. The molecule has 0 bridgehead atoms. The average Bonchev–Trinajstić information content (AvgIpc) is 2.31. The van der Waals surface area contributed by atoms with Crippen LogP contribution < -0.4 is 10.6 Å². The van der Waals surface area contributed by atoms with Crippen LogP contribution in [0.2, 0.25) is 0 Å². The number of anilines is 2. The molecule has 0 aromatic carbocycles. The Hall–Kier alpha value is -1.39. The van der Waals surface area contributed by atoms with Gasteiger partial charge in [0.2, 0.25) is 5.95 Å². The highest BCUT2D eigenvalue weighted by atomic mass is 19.1. The Kier molecular flexibility index (Phi) is 3.45. The van der Waals surface area contributed by atoms with E-state index in [-0.39, 0.29) is 5.95 Å². The minimum Gasteiger partial charge on any atom is -0.368 e. The van der Waals surface area contributed by atoms with Crippen molar-refractivity contribution >= 4 is 11.8 Å². The van der Waals surface area contributed by atoms with Gasteiger partial charge in [0.25, 0.3) is 0 Å². The van der Waals surface area contributed by atoms with Crippen LogP contribution in [0.4, 0.5) is 16.2 Å². The van der Waals surface area contributed by atoms with Crippen molar-refractivity contribution in [3.05, 3.63) is 12.0 Å². The summed E-state index contributed by atoms with van der Waals surface area (Å²) in [5, 5.41) is 0. The number of hydrogen-bond acceptors (Lipinski definition) is 4. The molecule has 5 heteroatoms. The first-order valence-corrected chi connectivity index (χ1v) is 6.08. The first-order valence-electron chi connectivity index (χ1n) is 6.08. The van der Waals surface area contributed by atoms with Crippen LogP contribution in [-0.2, 0) is 0 Å². The number of nitrogen functional groups attached to an aromatic ring is 1. The van der Waals surface area contributed by atoms with Crippen molar-refractivity contribution in [1.29, 1.82) is 0 Å². The van der Waals surface area contributed by atoms with Crippen LogP contribution in [-0.4, -0.2) is 23.1 Å². The van der Waals surface area contributed by atoms with Gasteiger partial charge >= 0.3 is 0 Å². The summed E-state index contributed by atoms with van der Waals surface area (Å²) < 4.78 is 13.6. The summed E-state index contributed by atoms with van der Waals surface area (Å²) >= 11 is 0. The van der Waals surface area contributed by atoms with Gasteiger partial charge in [-0.05, 0) is 18.8 Å². The van der Waals surface area contributed by atoms with E-state index in [2.05, 4.69) is 16.9 Å². The quantitative estimate of drug-likeness (QED) is 0.858. The normalized spacial score (nSPS) is 24.6. The molecular formula is C12H19FN4. The van der Waals surface area contributed by atoms with Crippen molar-refractivity contribution in [3.8, 4) is 0 Å². The van der Waals surface area contributed by atoms with Gasteiger partial charge in [-0.1, -0.05) is 19.8 Å². The fourth-order valence-electron chi connectivity index (χ4n) is 2.55. The topological polar surface area (TPSA) is 55.0 Å². The monoisotopic (exact) mass is 238 g/mol. The third-order valence-electron chi connectivity index (χ3n) is 3.53. The molecule has 94 valence electrons. The molecule has 1 fully saturated rings. The third-order valence-corrected chi connectivity index (χ3v) is 3.53. The van der Waals surface area contributed by atoms with Crippen LogP contribution in [0, 0.1) is 11.7 Å². The summed E-state index contributed by atoms with van der Waals surface area (Å²) in [6.07, 6.45) is 5.77. The molecular weight excluding hydrogens is 219 g/mol. The second-order valence-electron chi connectivity index (χ2n) is 4.94.